The second-order valence-electron chi connectivity index (χ2n) is 7.32. The molecule has 1 aromatic heterocycles. The molecule has 3 aromatic rings. The van der Waals surface area contributed by atoms with E-state index in [1.807, 2.05) is 0 Å². The number of carbonyl (C=O) groups is 1. The predicted octanol–water partition coefficient (Wildman–Crippen LogP) is 5.98. The molecule has 0 atom stereocenters. The van der Waals surface area contributed by atoms with Crippen LogP contribution in [-0.4, -0.2) is 23.0 Å². The van der Waals surface area contributed by atoms with E-state index in [0.29, 0.717) is 0 Å². The van der Waals surface area contributed by atoms with Crippen LogP contribution < -0.4 is 4.74 Å². The number of hydrogen-bond acceptors (Lipinski definition) is 4. The number of aliphatic hydroxyl groups is 1. The zero-order chi connectivity index (χ0) is 21.7. The summed E-state index contributed by atoms with van der Waals surface area (Å²) in [5, 5.41) is 9.47. The van der Waals surface area contributed by atoms with E-state index < -0.39 is 0 Å². The second-order valence-corrected chi connectivity index (χ2v) is 7.32. The molecule has 0 aliphatic rings. The van der Waals surface area contributed by atoms with Crippen molar-refractivity contribution in [2.75, 3.05) is 7.11 Å². The minimum absolute atomic E-state index is 0. The third-order valence-corrected chi connectivity index (χ3v) is 4.43. The summed E-state index contributed by atoms with van der Waals surface area (Å²) in [4.78, 5) is 14.9. The fraction of sp³-hybridized carbons (Fsp3) is 0.280. The third-order valence-electron chi connectivity index (χ3n) is 4.43. The Balaban J connectivity index is 0.000000489. The first-order valence-corrected chi connectivity index (χ1v) is 9.45. The Kier molecular flexibility index (Phi) is 9.41. The zero-order valence-electron chi connectivity index (χ0n) is 18.5. The van der Waals surface area contributed by atoms with Crippen LogP contribution in [0.5, 0.6) is 5.75 Å². The van der Waals surface area contributed by atoms with Crippen molar-refractivity contribution in [3.63, 3.8) is 0 Å². The number of aliphatic hydroxyl groups excluding tert-OH is 1. The van der Waals surface area contributed by atoms with Gasteiger partial charge >= 0.3 is 0 Å². The second kappa shape index (κ2) is 11.1. The fourth-order valence-electron chi connectivity index (χ4n) is 3.09. The molecule has 0 aliphatic carbocycles. The summed E-state index contributed by atoms with van der Waals surface area (Å²) in [6.07, 6.45) is 1.17. The molecule has 2 aromatic carbocycles. The number of aryl methyl sites for hydroxylation is 4. The Hall–Kier alpha value is -2.49. The van der Waals surface area contributed by atoms with Crippen LogP contribution in [0.25, 0.3) is 22.2 Å². The van der Waals surface area contributed by atoms with Gasteiger partial charge in [0, 0.05) is 37.3 Å². The standard InChI is InChI=1S/C20H20NO.C5H8O2.Ir/c1-12-6-13(2)8-17(7-12)20-19(22-5)11-16-9-14(3)15(4)10-18(16)21-20;1-4(6)3-5(2)7;/h6-7,9-11H,1-5H3;3,6H,1-2H3;/q-1;;/b;4-3-;. The molecule has 0 unspecified atom stereocenters. The minimum atomic E-state index is -0.125. The van der Waals surface area contributed by atoms with Crippen molar-refractivity contribution in [3.8, 4) is 17.0 Å². The number of pyridine rings is 1. The molecule has 1 radical (unpaired) electrons. The smallest absolute Gasteiger partial charge is 0.155 e. The predicted molar refractivity (Wildman–Crippen MR) is 119 cm³/mol. The van der Waals surface area contributed by atoms with Crippen LogP contribution in [-0.2, 0) is 24.9 Å². The molecule has 1 N–H and O–H groups in total. The Labute approximate surface area is 192 Å². The maximum Gasteiger partial charge on any atom is 0.155 e. The third kappa shape index (κ3) is 6.79. The van der Waals surface area contributed by atoms with Crippen molar-refractivity contribution >= 4 is 16.7 Å². The number of hydrogen-bond donors (Lipinski definition) is 1. The van der Waals surface area contributed by atoms with Crippen LogP contribution in [0.2, 0.25) is 0 Å². The Morgan fingerprint density at radius 1 is 1.03 bits per heavy atom. The molecule has 0 saturated carbocycles. The van der Waals surface area contributed by atoms with E-state index in [-0.39, 0.29) is 31.6 Å². The molecule has 0 aliphatic heterocycles. The van der Waals surface area contributed by atoms with Crippen molar-refractivity contribution < 1.29 is 34.7 Å². The zero-order valence-corrected chi connectivity index (χ0v) is 20.9. The summed E-state index contributed by atoms with van der Waals surface area (Å²) in [5.74, 6) is 0.726. The van der Waals surface area contributed by atoms with E-state index >= 15 is 0 Å². The van der Waals surface area contributed by atoms with Crippen molar-refractivity contribution in [1.29, 1.82) is 0 Å². The van der Waals surface area contributed by atoms with E-state index in [9.17, 15) is 4.79 Å². The average molecular weight is 583 g/mol. The van der Waals surface area contributed by atoms with E-state index in [2.05, 4.69) is 64.1 Å². The van der Waals surface area contributed by atoms with Crippen LogP contribution in [0, 0.1) is 33.8 Å². The van der Waals surface area contributed by atoms with E-state index in [1.54, 1.807) is 7.11 Å². The molecule has 30 heavy (non-hydrogen) atoms. The number of rotatable bonds is 3. The molecule has 0 fully saturated rings. The number of aromatic nitrogens is 1. The van der Waals surface area contributed by atoms with Gasteiger partial charge in [-0.15, -0.1) is 34.9 Å². The number of nitrogens with zero attached hydrogens (tertiary/aromatic N) is 1. The number of fused-ring (bicyclic) bond motifs is 1. The summed E-state index contributed by atoms with van der Waals surface area (Å²) in [6, 6.07) is 14.0. The summed E-state index contributed by atoms with van der Waals surface area (Å²) in [6.45, 7) is 11.2. The van der Waals surface area contributed by atoms with Crippen LogP contribution in [0.1, 0.15) is 36.1 Å². The maximum atomic E-state index is 10.0. The monoisotopic (exact) mass is 583 g/mol. The normalized spacial score (nSPS) is 10.7. The van der Waals surface area contributed by atoms with E-state index in [4.69, 9.17) is 14.8 Å². The summed E-state index contributed by atoms with van der Waals surface area (Å²) in [7, 11) is 1.69. The van der Waals surface area contributed by atoms with Crippen molar-refractivity contribution in [3.05, 3.63) is 70.5 Å². The fourth-order valence-corrected chi connectivity index (χ4v) is 3.09. The molecule has 5 heteroatoms. The van der Waals surface area contributed by atoms with Gasteiger partial charge in [0.1, 0.15) is 5.75 Å². The molecule has 161 valence electrons. The number of methoxy groups -OCH3 is 1. The van der Waals surface area contributed by atoms with Gasteiger partial charge in [0.25, 0.3) is 0 Å². The number of carbonyl (C=O) groups excluding carboxylic acids is 1. The minimum Gasteiger partial charge on any atom is -0.512 e. The summed E-state index contributed by atoms with van der Waals surface area (Å²) < 4.78 is 5.58. The van der Waals surface area contributed by atoms with Crippen LogP contribution in [0.15, 0.2) is 42.2 Å². The average Bonchev–Trinajstić information content (AvgIpc) is 2.60. The van der Waals surface area contributed by atoms with Gasteiger partial charge in [-0.05, 0) is 57.0 Å². The van der Waals surface area contributed by atoms with E-state index in [1.165, 1.54) is 36.6 Å². The van der Waals surface area contributed by atoms with Gasteiger partial charge < -0.3 is 9.84 Å². The quantitative estimate of drug-likeness (QED) is 0.235. The number of benzene rings is 2. The first-order valence-electron chi connectivity index (χ1n) is 9.45. The first-order chi connectivity index (χ1) is 13.6. The number of ether oxygens (including phenoxy) is 1. The van der Waals surface area contributed by atoms with Gasteiger partial charge in [-0.25, -0.2) is 0 Å². The molecule has 0 amide bonds. The number of allylic oxidation sites excluding steroid dienone is 2. The largest absolute Gasteiger partial charge is 0.512 e. The van der Waals surface area contributed by atoms with Gasteiger partial charge in [-0.3, -0.25) is 9.78 Å². The summed E-state index contributed by atoms with van der Waals surface area (Å²) >= 11 is 0. The van der Waals surface area contributed by atoms with Gasteiger partial charge in [0.2, 0.25) is 0 Å². The van der Waals surface area contributed by atoms with Crippen molar-refractivity contribution in [2.24, 2.45) is 0 Å². The van der Waals surface area contributed by atoms with Crippen molar-refractivity contribution in [1.82, 2.24) is 4.98 Å². The van der Waals surface area contributed by atoms with Gasteiger partial charge in [-0.2, -0.15) is 0 Å². The SMILES string of the molecule is CC(=O)/C=C(/C)O.COc1cc2cc(C)c(C)cc2nc1-c1[c-]c(C)cc(C)c1.[Ir]. The molecule has 4 nitrogen and oxygen atoms in total. The van der Waals surface area contributed by atoms with Gasteiger partial charge in [-0.1, -0.05) is 13.8 Å². The molecule has 0 saturated heterocycles. The van der Waals surface area contributed by atoms with Crippen molar-refractivity contribution in [2.45, 2.75) is 41.5 Å². The first kappa shape index (κ1) is 25.5. The van der Waals surface area contributed by atoms with Crippen LogP contribution >= 0.6 is 0 Å². The molecule has 0 bridgehead atoms. The Bertz CT molecular complexity index is 1060. The number of ketones is 1. The maximum absolute atomic E-state index is 10.0. The van der Waals surface area contributed by atoms with Crippen LogP contribution in [0.4, 0.5) is 0 Å². The Morgan fingerprint density at radius 2 is 1.67 bits per heavy atom. The Morgan fingerprint density at radius 3 is 2.17 bits per heavy atom. The van der Waals surface area contributed by atoms with Gasteiger partial charge in [0.05, 0.1) is 18.4 Å². The summed E-state index contributed by atoms with van der Waals surface area (Å²) in [5.41, 5.74) is 7.66. The van der Waals surface area contributed by atoms with E-state index in [0.717, 1.165) is 33.5 Å². The molecule has 1 heterocycles. The van der Waals surface area contributed by atoms with Gasteiger partial charge in [0.15, 0.2) is 5.78 Å². The molecule has 3 rings (SSSR count). The topological polar surface area (TPSA) is 59.4 Å². The molecular formula is C25H28IrNO3-. The molecular weight excluding hydrogens is 554 g/mol. The van der Waals surface area contributed by atoms with Crippen LogP contribution in [0.3, 0.4) is 0 Å². The molecule has 0 spiro atoms.